The van der Waals surface area contributed by atoms with Gasteiger partial charge >= 0.3 is 11.9 Å². The molecule has 6 nitrogen and oxygen atoms in total. The third-order valence-electron chi connectivity index (χ3n) is 3.77. The molecular weight excluding hydrogens is 366 g/mol. The van der Waals surface area contributed by atoms with E-state index < -0.39 is 11.9 Å². The molecule has 1 unspecified atom stereocenters. The summed E-state index contributed by atoms with van der Waals surface area (Å²) in [6.45, 7) is 0.936. The van der Waals surface area contributed by atoms with Crippen LogP contribution < -0.4 is 10.1 Å². The molecule has 1 heterocycles. The fraction of sp³-hybridized carbons (Fsp3) is 0.200. The number of carboxylic acids is 2. The van der Waals surface area contributed by atoms with E-state index in [-0.39, 0.29) is 6.10 Å². The number of aliphatic carboxylic acids is 2. The molecule has 0 aliphatic carbocycles. The van der Waals surface area contributed by atoms with E-state index >= 15 is 0 Å². The maximum absolute atomic E-state index is 9.10. The van der Waals surface area contributed by atoms with Gasteiger partial charge in [0.1, 0.15) is 11.9 Å². The average Bonchev–Trinajstić information content (AvgIpc) is 3.20. The lowest BCUT2D eigenvalue weighted by molar-refractivity contribution is -0.159. The average molecular weight is 387 g/mol. The number of hydrogen-bond acceptors (Lipinski definition) is 5. The van der Waals surface area contributed by atoms with Gasteiger partial charge in [-0.05, 0) is 41.9 Å². The smallest absolute Gasteiger partial charge is 0.414 e. The summed E-state index contributed by atoms with van der Waals surface area (Å²) >= 11 is 1.72. The van der Waals surface area contributed by atoms with Crippen molar-refractivity contribution in [2.45, 2.75) is 12.5 Å². The van der Waals surface area contributed by atoms with Crippen molar-refractivity contribution in [3.8, 4) is 5.75 Å². The van der Waals surface area contributed by atoms with Gasteiger partial charge in [0, 0.05) is 17.4 Å². The summed E-state index contributed by atoms with van der Waals surface area (Å²) in [5.41, 5.74) is 1.25. The SMILES string of the molecule is CNCCC(Oc1cccc2ccccc12)c1ccsc1.O=C(O)C(=O)O. The van der Waals surface area contributed by atoms with Crippen molar-refractivity contribution in [2.24, 2.45) is 0 Å². The number of fused-ring (bicyclic) bond motifs is 1. The first-order valence-corrected chi connectivity index (χ1v) is 9.24. The molecule has 7 heteroatoms. The summed E-state index contributed by atoms with van der Waals surface area (Å²) < 4.78 is 6.34. The number of rotatable bonds is 6. The molecule has 0 radical (unpaired) electrons. The Morgan fingerprint density at radius 2 is 1.78 bits per heavy atom. The summed E-state index contributed by atoms with van der Waals surface area (Å²) in [5.74, 6) is -2.69. The van der Waals surface area contributed by atoms with E-state index in [1.54, 1.807) is 11.3 Å². The zero-order valence-corrected chi connectivity index (χ0v) is 15.6. The molecule has 0 amide bonds. The maximum Gasteiger partial charge on any atom is 0.414 e. The third-order valence-corrected chi connectivity index (χ3v) is 4.47. The van der Waals surface area contributed by atoms with Crippen LogP contribution in [0.2, 0.25) is 0 Å². The van der Waals surface area contributed by atoms with Crippen molar-refractivity contribution < 1.29 is 24.5 Å². The van der Waals surface area contributed by atoms with Crippen molar-refractivity contribution >= 4 is 34.0 Å². The molecule has 1 aromatic heterocycles. The van der Waals surface area contributed by atoms with Crippen LogP contribution in [0.3, 0.4) is 0 Å². The zero-order valence-electron chi connectivity index (χ0n) is 14.8. The molecule has 0 bridgehead atoms. The predicted octanol–water partition coefficient (Wildman–Crippen LogP) is 3.79. The van der Waals surface area contributed by atoms with Crippen molar-refractivity contribution in [2.75, 3.05) is 13.6 Å². The van der Waals surface area contributed by atoms with Crippen LogP contribution in [0, 0.1) is 0 Å². The Labute approximate surface area is 161 Å². The molecule has 2 aromatic carbocycles. The minimum absolute atomic E-state index is 0.0921. The standard InChI is InChI=1S/C18H19NOS.C2H2O4/c1-19-11-9-17(15-10-12-21-13-15)20-18-8-4-6-14-5-2-3-7-16(14)18;3-1(4)2(5)6/h2-8,10,12-13,17,19H,9,11H2,1H3;(H,3,4)(H,5,6). The van der Waals surface area contributed by atoms with Crippen LogP contribution in [0.5, 0.6) is 5.75 Å². The lowest BCUT2D eigenvalue weighted by Gasteiger charge is -2.19. The molecule has 1 atom stereocenters. The first-order chi connectivity index (χ1) is 13.0. The van der Waals surface area contributed by atoms with Gasteiger partial charge in [0.15, 0.2) is 0 Å². The fourth-order valence-electron chi connectivity index (χ4n) is 2.48. The van der Waals surface area contributed by atoms with Gasteiger partial charge in [-0.3, -0.25) is 0 Å². The second-order valence-corrected chi connectivity index (χ2v) is 6.42. The summed E-state index contributed by atoms with van der Waals surface area (Å²) in [5, 5.41) is 24.7. The largest absolute Gasteiger partial charge is 0.485 e. The minimum atomic E-state index is -1.82. The summed E-state index contributed by atoms with van der Waals surface area (Å²) in [4.78, 5) is 18.2. The van der Waals surface area contributed by atoms with Gasteiger partial charge in [-0.25, -0.2) is 9.59 Å². The molecule has 0 saturated heterocycles. The molecular formula is C20H21NO5S. The Balaban J connectivity index is 0.000000380. The summed E-state index contributed by atoms with van der Waals surface area (Å²) in [6, 6.07) is 16.7. The van der Waals surface area contributed by atoms with Crippen LogP contribution >= 0.6 is 11.3 Å². The highest BCUT2D eigenvalue weighted by Gasteiger charge is 2.14. The Morgan fingerprint density at radius 1 is 1.07 bits per heavy atom. The van der Waals surface area contributed by atoms with Gasteiger partial charge in [-0.15, -0.1) is 0 Å². The maximum atomic E-state index is 9.10. The van der Waals surface area contributed by atoms with E-state index in [2.05, 4.69) is 64.6 Å². The number of thiophene rings is 1. The van der Waals surface area contributed by atoms with Crippen molar-refractivity contribution in [1.82, 2.24) is 5.32 Å². The normalized spacial score (nSPS) is 11.3. The quantitative estimate of drug-likeness (QED) is 0.557. The van der Waals surface area contributed by atoms with Gasteiger partial charge in [-0.1, -0.05) is 36.4 Å². The van der Waals surface area contributed by atoms with Gasteiger partial charge in [0.2, 0.25) is 0 Å². The van der Waals surface area contributed by atoms with Crippen LogP contribution in [0.4, 0.5) is 0 Å². The molecule has 142 valence electrons. The number of benzene rings is 2. The van der Waals surface area contributed by atoms with Gasteiger partial charge < -0.3 is 20.3 Å². The van der Waals surface area contributed by atoms with Crippen LogP contribution in [-0.2, 0) is 9.59 Å². The number of carboxylic acid groups (broad SMARTS) is 2. The third kappa shape index (κ3) is 6.09. The molecule has 0 aliphatic heterocycles. The molecule has 0 aliphatic rings. The molecule has 3 N–H and O–H groups in total. The van der Waals surface area contributed by atoms with E-state index in [0.717, 1.165) is 18.7 Å². The van der Waals surface area contributed by atoms with Gasteiger partial charge in [-0.2, -0.15) is 11.3 Å². The van der Waals surface area contributed by atoms with E-state index in [1.165, 1.54) is 16.3 Å². The molecule has 0 saturated carbocycles. The molecule has 27 heavy (non-hydrogen) atoms. The first-order valence-electron chi connectivity index (χ1n) is 8.30. The van der Waals surface area contributed by atoms with Crippen molar-refractivity contribution in [3.63, 3.8) is 0 Å². The highest BCUT2D eigenvalue weighted by Crippen LogP contribution is 2.31. The van der Waals surface area contributed by atoms with E-state index in [1.807, 2.05) is 7.05 Å². The van der Waals surface area contributed by atoms with Crippen molar-refractivity contribution in [3.05, 3.63) is 64.9 Å². The van der Waals surface area contributed by atoms with E-state index in [9.17, 15) is 0 Å². The van der Waals surface area contributed by atoms with Crippen molar-refractivity contribution in [1.29, 1.82) is 0 Å². The van der Waals surface area contributed by atoms with Gasteiger partial charge in [0.05, 0.1) is 0 Å². The monoisotopic (exact) mass is 387 g/mol. The lowest BCUT2D eigenvalue weighted by Crippen LogP contribution is -2.16. The number of hydrogen-bond donors (Lipinski definition) is 3. The molecule has 0 fully saturated rings. The zero-order chi connectivity index (χ0) is 19.6. The second-order valence-electron chi connectivity index (χ2n) is 5.64. The predicted molar refractivity (Wildman–Crippen MR) is 105 cm³/mol. The molecule has 3 aromatic rings. The van der Waals surface area contributed by atoms with E-state index in [4.69, 9.17) is 24.5 Å². The topological polar surface area (TPSA) is 95.9 Å². The molecule has 0 spiro atoms. The Hall–Kier alpha value is -2.90. The number of ether oxygens (including phenoxy) is 1. The molecule has 3 rings (SSSR count). The van der Waals surface area contributed by atoms with Crippen LogP contribution in [-0.4, -0.2) is 35.7 Å². The van der Waals surface area contributed by atoms with E-state index in [0.29, 0.717) is 0 Å². The minimum Gasteiger partial charge on any atom is -0.485 e. The van der Waals surface area contributed by atoms with Gasteiger partial charge in [0.25, 0.3) is 0 Å². The highest BCUT2D eigenvalue weighted by atomic mass is 32.1. The summed E-state index contributed by atoms with van der Waals surface area (Å²) in [7, 11) is 1.97. The lowest BCUT2D eigenvalue weighted by atomic mass is 10.1. The summed E-state index contributed by atoms with van der Waals surface area (Å²) in [6.07, 6.45) is 1.05. The Bertz CT molecular complexity index is 862. The highest BCUT2D eigenvalue weighted by molar-refractivity contribution is 7.07. The van der Waals surface area contributed by atoms with Crippen LogP contribution in [0.15, 0.2) is 59.3 Å². The first kappa shape index (κ1) is 20.4. The number of carbonyl (C=O) groups is 2. The Morgan fingerprint density at radius 3 is 2.41 bits per heavy atom. The second kappa shape index (κ2) is 10.3. The van der Waals surface area contributed by atoms with Crippen LogP contribution in [0.1, 0.15) is 18.1 Å². The van der Waals surface area contributed by atoms with Crippen LogP contribution in [0.25, 0.3) is 10.8 Å². The number of nitrogens with one attached hydrogen (secondary N) is 1. The fourth-order valence-corrected chi connectivity index (χ4v) is 3.18. The Kier molecular flexibility index (Phi) is 7.79.